The topological polar surface area (TPSA) is 103 Å². The van der Waals surface area contributed by atoms with Gasteiger partial charge in [-0.25, -0.2) is 4.79 Å². The van der Waals surface area contributed by atoms with Crippen molar-refractivity contribution < 1.29 is 19.5 Å². The number of amides is 1. The summed E-state index contributed by atoms with van der Waals surface area (Å²) in [6, 6.07) is 0.0216. The Hall–Kier alpha value is -1.77. The zero-order valence-corrected chi connectivity index (χ0v) is 24.5. The molecule has 0 radical (unpaired) electrons. The van der Waals surface area contributed by atoms with Crippen LogP contribution in [0.2, 0.25) is 0 Å². The zero-order valence-electron chi connectivity index (χ0n) is 24.5. The summed E-state index contributed by atoms with van der Waals surface area (Å²) in [6.07, 6.45) is 11.4. The van der Waals surface area contributed by atoms with Gasteiger partial charge < -0.3 is 20.6 Å². The van der Waals surface area contributed by atoms with Crippen molar-refractivity contribution in [3.63, 3.8) is 0 Å². The molecule has 0 aromatic rings. The average molecular weight is 543 g/mol. The van der Waals surface area contributed by atoms with Crippen molar-refractivity contribution in [2.75, 3.05) is 33.2 Å². The highest BCUT2D eigenvalue weighted by atomic mass is 16.7. The molecule has 5 rings (SSSR count). The molecule has 0 spiro atoms. The number of ketones is 1. The van der Waals surface area contributed by atoms with Gasteiger partial charge in [-0.2, -0.15) is 0 Å². The smallest absolute Gasteiger partial charge is 0.391 e. The maximum absolute atomic E-state index is 13.1. The van der Waals surface area contributed by atoms with Gasteiger partial charge in [-0.3, -0.25) is 9.63 Å². The first-order valence-electron chi connectivity index (χ1n) is 15.5. The molecule has 218 valence electrons. The van der Waals surface area contributed by atoms with Crippen molar-refractivity contribution in [2.45, 2.75) is 97.1 Å². The number of hydrogen-bond acceptors (Lipinski definition) is 7. The Labute approximate surface area is 234 Å². The number of aliphatic hydroxyl groups excluding tert-OH is 1. The highest BCUT2D eigenvalue weighted by Crippen LogP contribution is 2.66. The summed E-state index contributed by atoms with van der Waals surface area (Å²) in [5.74, 6) is 2.69. The quantitative estimate of drug-likeness (QED) is 0.240. The van der Waals surface area contributed by atoms with E-state index in [0.29, 0.717) is 61.9 Å². The summed E-state index contributed by atoms with van der Waals surface area (Å²) < 4.78 is 0. The van der Waals surface area contributed by atoms with Gasteiger partial charge in [0, 0.05) is 38.0 Å². The van der Waals surface area contributed by atoms with Crippen LogP contribution in [0, 0.1) is 34.5 Å². The highest BCUT2D eigenvalue weighted by Gasteiger charge is 2.59. The number of nitrogens with zero attached hydrogens (tertiary/aromatic N) is 2. The number of likely N-dealkylation sites (N-methyl/N-ethyl adjacent to an activating group) is 1. The molecule has 5 aliphatic rings. The number of allylic oxidation sites excluding steroid dienone is 1. The summed E-state index contributed by atoms with van der Waals surface area (Å²) >= 11 is 0. The number of carbonyl (C=O) groups is 2. The highest BCUT2D eigenvalue weighted by molar-refractivity contribution is 5.91. The third-order valence-electron chi connectivity index (χ3n) is 11.6. The average Bonchev–Trinajstić information content (AvgIpc) is 3.49. The Morgan fingerprint density at radius 1 is 1.15 bits per heavy atom. The first kappa shape index (κ1) is 28.7. The van der Waals surface area contributed by atoms with Crippen molar-refractivity contribution in [3.8, 4) is 0 Å². The summed E-state index contributed by atoms with van der Waals surface area (Å²) in [6.45, 7) is 9.50. The van der Waals surface area contributed by atoms with Crippen LogP contribution in [0.25, 0.3) is 0 Å². The van der Waals surface area contributed by atoms with E-state index in [4.69, 9.17) is 4.84 Å². The first-order valence-corrected chi connectivity index (χ1v) is 15.5. The van der Waals surface area contributed by atoms with Crippen LogP contribution in [0.4, 0.5) is 4.79 Å². The molecule has 39 heavy (non-hydrogen) atoms. The summed E-state index contributed by atoms with van der Waals surface area (Å²) in [4.78, 5) is 32.5. The minimum absolute atomic E-state index is 0.0216. The molecule has 1 heterocycles. The fourth-order valence-electron chi connectivity index (χ4n) is 9.36. The molecule has 8 atom stereocenters. The van der Waals surface area contributed by atoms with E-state index in [2.05, 4.69) is 29.6 Å². The standard InChI is InChI=1S/C31H50N4O4/c1-20(34-39-29(38)35(18-16-32-4)17-12-27-28(37)11-15-33-27)24-7-8-25-23-6-5-21-19-22(36)9-13-30(21,2)26(23)10-14-31(24,25)3/h19,23-28,32-33,37H,5-18H2,1-4H3/b34-20+/t23-,24+,25-,26-,27?,28?,30-,31+/m0/s1. The molecule has 0 bridgehead atoms. The Kier molecular flexibility index (Phi) is 8.56. The maximum atomic E-state index is 13.1. The monoisotopic (exact) mass is 542 g/mol. The van der Waals surface area contributed by atoms with Gasteiger partial charge in [0.15, 0.2) is 5.78 Å². The van der Waals surface area contributed by atoms with Crippen molar-refractivity contribution in [1.82, 2.24) is 15.5 Å². The van der Waals surface area contributed by atoms with Gasteiger partial charge in [-0.1, -0.05) is 24.6 Å². The van der Waals surface area contributed by atoms with Gasteiger partial charge in [0.05, 0.1) is 11.8 Å². The van der Waals surface area contributed by atoms with Crippen LogP contribution in [0.5, 0.6) is 0 Å². The van der Waals surface area contributed by atoms with Gasteiger partial charge in [0.25, 0.3) is 0 Å². The van der Waals surface area contributed by atoms with Crippen molar-refractivity contribution >= 4 is 17.6 Å². The van der Waals surface area contributed by atoms with Crippen LogP contribution in [-0.2, 0) is 9.63 Å². The molecule has 0 aromatic heterocycles. The van der Waals surface area contributed by atoms with E-state index in [1.54, 1.807) is 4.90 Å². The Balaban J connectivity index is 1.23. The first-order chi connectivity index (χ1) is 18.7. The lowest BCUT2D eigenvalue weighted by molar-refractivity contribution is -0.117. The van der Waals surface area contributed by atoms with E-state index in [0.717, 1.165) is 37.9 Å². The predicted molar refractivity (Wildman–Crippen MR) is 152 cm³/mol. The second-order valence-corrected chi connectivity index (χ2v) is 13.5. The van der Waals surface area contributed by atoms with Crippen LogP contribution < -0.4 is 10.6 Å². The van der Waals surface area contributed by atoms with Gasteiger partial charge in [0.1, 0.15) is 0 Å². The molecule has 2 unspecified atom stereocenters. The Bertz CT molecular complexity index is 997. The third kappa shape index (κ3) is 5.45. The van der Waals surface area contributed by atoms with E-state index in [9.17, 15) is 14.7 Å². The van der Waals surface area contributed by atoms with Crippen LogP contribution in [0.3, 0.4) is 0 Å². The molecular formula is C31H50N4O4. The molecule has 3 saturated carbocycles. The fourth-order valence-corrected chi connectivity index (χ4v) is 9.36. The Morgan fingerprint density at radius 2 is 1.97 bits per heavy atom. The second-order valence-electron chi connectivity index (χ2n) is 13.5. The van der Waals surface area contributed by atoms with E-state index in [-0.39, 0.29) is 23.0 Å². The van der Waals surface area contributed by atoms with Crippen molar-refractivity contribution in [2.24, 2.45) is 39.7 Å². The SMILES string of the molecule is CNCCN(CCC1NCCC1O)C(=O)O/N=C(\C)[C@H]1CC[C@H]2[C@@H]3CCC4=CC(=O)CC[C@]4(C)[C@H]3CC[C@]12C. The van der Waals surface area contributed by atoms with Crippen LogP contribution >= 0.6 is 0 Å². The minimum Gasteiger partial charge on any atom is -0.391 e. The number of aliphatic hydroxyl groups is 1. The molecule has 8 nitrogen and oxygen atoms in total. The maximum Gasteiger partial charge on any atom is 0.436 e. The molecule has 1 amide bonds. The molecule has 3 N–H and O–H groups in total. The fraction of sp³-hybridized carbons (Fsp3) is 0.839. The number of nitrogens with one attached hydrogen (secondary N) is 2. The lowest BCUT2D eigenvalue weighted by Crippen LogP contribution is -2.51. The van der Waals surface area contributed by atoms with Gasteiger partial charge in [-0.15, -0.1) is 0 Å². The van der Waals surface area contributed by atoms with Crippen LogP contribution in [-0.4, -0.2) is 73.0 Å². The number of rotatable bonds is 8. The zero-order chi connectivity index (χ0) is 27.8. The van der Waals surface area contributed by atoms with Gasteiger partial charge in [0.2, 0.25) is 0 Å². The molecule has 4 aliphatic carbocycles. The molecule has 0 aromatic carbocycles. The normalized spacial score (nSPS) is 40.0. The Morgan fingerprint density at radius 3 is 2.72 bits per heavy atom. The van der Waals surface area contributed by atoms with E-state index in [1.165, 1.54) is 31.3 Å². The van der Waals surface area contributed by atoms with E-state index in [1.807, 2.05) is 20.0 Å². The van der Waals surface area contributed by atoms with Crippen LogP contribution in [0.1, 0.15) is 85.0 Å². The van der Waals surface area contributed by atoms with Crippen molar-refractivity contribution in [1.29, 1.82) is 0 Å². The summed E-state index contributed by atoms with van der Waals surface area (Å²) in [5, 5.41) is 21.0. The molecular weight excluding hydrogens is 492 g/mol. The predicted octanol–water partition coefficient (Wildman–Crippen LogP) is 4.28. The summed E-state index contributed by atoms with van der Waals surface area (Å²) in [7, 11) is 1.87. The van der Waals surface area contributed by atoms with E-state index < -0.39 is 6.09 Å². The molecule has 4 fully saturated rings. The molecule has 1 saturated heterocycles. The molecule has 8 heteroatoms. The van der Waals surface area contributed by atoms with Gasteiger partial charge >= 0.3 is 6.09 Å². The molecule has 1 aliphatic heterocycles. The van der Waals surface area contributed by atoms with Crippen LogP contribution in [0.15, 0.2) is 16.8 Å². The largest absolute Gasteiger partial charge is 0.436 e. The lowest BCUT2D eigenvalue weighted by atomic mass is 9.46. The summed E-state index contributed by atoms with van der Waals surface area (Å²) in [5.41, 5.74) is 2.73. The number of fused-ring (bicyclic) bond motifs is 5. The third-order valence-corrected chi connectivity index (χ3v) is 11.6. The lowest BCUT2D eigenvalue weighted by Gasteiger charge is -2.58. The number of hydrogen-bond donors (Lipinski definition) is 3. The number of carbonyl (C=O) groups excluding carboxylic acids is 2. The number of oxime groups is 1. The van der Waals surface area contributed by atoms with E-state index >= 15 is 0 Å². The second kappa shape index (κ2) is 11.6. The van der Waals surface area contributed by atoms with Gasteiger partial charge in [-0.05, 0) is 113 Å². The van der Waals surface area contributed by atoms with Crippen molar-refractivity contribution in [3.05, 3.63) is 11.6 Å². The minimum atomic E-state index is -0.410.